The number of nitrogens with one attached hydrogen (secondary N) is 1. The maximum Gasteiger partial charge on any atom is 0.278 e. The zero-order valence-electron chi connectivity index (χ0n) is 16.4. The van der Waals surface area contributed by atoms with E-state index in [1.165, 1.54) is 12.1 Å². The van der Waals surface area contributed by atoms with Gasteiger partial charge in [-0.3, -0.25) is 9.48 Å². The van der Waals surface area contributed by atoms with Crippen molar-refractivity contribution in [2.24, 2.45) is 0 Å². The lowest BCUT2D eigenvalue weighted by Gasteiger charge is -2.18. The Morgan fingerprint density at radius 2 is 2.03 bits per heavy atom. The SMILES string of the molecule is CC(C)(C)c1ccc2onc(C(=O)Nc3cnn(Cc4cccc(F)c4)c3)c2c1. The van der Waals surface area contributed by atoms with Crippen LogP contribution in [0.15, 0.2) is 59.4 Å². The molecule has 0 spiro atoms. The molecule has 0 radical (unpaired) electrons. The largest absolute Gasteiger partial charge is 0.355 e. The first-order valence-corrected chi connectivity index (χ1v) is 9.28. The lowest BCUT2D eigenvalue weighted by molar-refractivity contribution is 0.102. The van der Waals surface area contributed by atoms with Gasteiger partial charge < -0.3 is 9.84 Å². The van der Waals surface area contributed by atoms with E-state index in [4.69, 9.17) is 4.52 Å². The van der Waals surface area contributed by atoms with Gasteiger partial charge in [-0.2, -0.15) is 5.10 Å². The number of nitrogens with zero attached hydrogens (tertiary/aromatic N) is 3. The number of fused-ring (bicyclic) bond motifs is 1. The summed E-state index contributed by atoms with van der Waals surface area (Å²) in [6.07, 6.45) is 3.23. The third kappa shape index (κ3) is 4.03. The Balaban J connectivity index is 1.53. The quantitative estimate of drug-likeness (QED) is 0.543. The van der Waals surface area contributed by atoms with Crippen LogP contribution in [0.4, 0.5) is 10.1 Å². The Kier molecular flexibility index (Phi) is 4.66. The molecule has 0 aliphatic heterocycles. The van der Waals surface area contributed by atoms with Crippen molar-refractivity contribution < 1.29 is 13.7 Å². The minimum Gasteiger partial charge on any atom is -0.355 e. The summed E-state index contributed by atoms with van der Waals surface area (Å²) in [5.74, 6) is -0.671. The molecule has 0 fully saturated rings. The second-order valence-corrected chi connectivity index (χ2v) is 8.00. The topological polar surface area (TPSA) is 73.0 Å². The van der Waals surface area contributed by atoms with Gasteiger partial charge in [0.2, 0.25) is 0 Å². The lowest BCUT2D eigenvalue weighted by Crippen LogP contribution is -2.13. The number of amides is 1. The zero-order valence-corrected chi connectivity index (χ0v) is 16.4. The molecule has 4 aromatic rings. The molecule has 4 rings (SSSR count). The Hall–Kier alpha value is -3.48. The average molecular weight is 392 g/mol. The van der Waals surface area contributed by atoms with Crippen LogP contribution in [-0.4, -0.2) is 20.8 Å². The highest BCUT2D eigenvalue weighted by molar-refractivity contribution is 6.10. The van der Waals surface area contributed by atoms with Gasteiger partial charge in [0.05, 0.1) is 23.8 Å². The second-order valence-electron chi connectivity index (χ2n) is 8.00. The maximum atomic E-state index is 13.3. The first-order chi connectivity index (χ1) is 13.8. The molecule has 0 unspecified atom stereocenters. The Morgan fingerprint density at radius 3 is 2.79 bits per heavy atom. The van der Waals surface area contributed by atoms with Crippen LogP contribution in [0.3, 0.4) is 0 Å². The summed E-state index contributed by atoms with van der Waals surface area (Å²) in [5.41, 5.74) is 3.12. The van der Waals surface area contributed by atoms with Crippen LogP contribution in [0.1, 0.15) is 42.4 Å². The molecule has 0 atom stereocenters. The van der Waals surface area contributed by atoms with Crippen LogP contribution in [0, 0.1) is 5.82 Å². The normalized spacial score (nSPS) is 11.7. The van der Waals surface area contributed by atoms with Crippen LogP contribution in [-0.2, 0) is 12.0 Å². The van der Waals surface area contributed by atoms with Gasteiger partial charge in [0.15, 0.2) is 11.3 Å². The van der Waals surface area contributed by atoms with Crippen molar-refractivity contribution >= 4 is 22.6 Å². The fraction of sp³-hybridized carbons (Fsp3) is 0.227. The van der Waals surface area contributed by atoms with E-state index >= 15 is 0 Å². The minimum absolute atomic E-state index is 0.0583. The molecular weight excluding hydrogens is 371 g/mol. The monoisotopic (exact) mass is 392 g/mol. The van der Waals surface area contributed by atoms with Crippen molar-refractivity contribution in [2.75, 3.05) is 5.32 Å². The van der Waals surface area contributed by atoms with Gasteiger partial charge in [0.1, 0.15) is 5.82 Å². The molecule has 2 aromatic heterocycles. The fourth-order valence-electron chi connectivity index (χ4n) is 3.10. The van der Waals surface area contributed by atoms with Crippen molar-refractivity contribution in [3.8, 4) is 0 Å². The van der Waals surface area contributed by atoms with E-state index in [0.29, 0.717) is 23.2 Å². The van der Waals surface area contributed by atoms with Crippen molar-refractivity contribution in [1.29, 1.82) is 0 Å². The molecule has 29 heavy (non-hydrogen) atoms. The van der Waals surface area contributed by atoms with Crippen molar-refractivity contribution in [3.63, 3.8) is 0 Å². The number of carbonyl (C=O) groups excluding carboxylic acids is 1. The smallest absolute Gasteiger partial charge is 0.278 e. The predicted octanol–water partition coefficient (Wildman–Crippen LogP) is 4.76. The third-order valence-corrected chi connectivity index (χ3v) is 4.68. The van der Waals surface area contributed by atoms with E-state index in [1.54, 1.807) is 23.1 Å². The standard InChI is InChI=1S/C22H21FN4O2/c1-22(2,3)15-7-8-19-18(10-15)20(26-29-19)21(28)25-17-11-24-27(13-17)12-14-5-4-6-16(23)9-14/h4-11,13H,12H2,1-3H3,(H,25,28). The summed E-state index contributed by atoms with van der Waals surface area (Å²) in [6, 6.07) is 12.1. The summed E-state index contributed by atoms with van der Waals surface area (Å²) < 4.78 is 20.3. The van der Waals surface area contributed by atoms with Gasteiger partial charge in [0, 0.05) is 6.20 Å². The predicted molar refractivity (Wildman–Crippen MR) is 108 cm³/mol. The van der Waals surface area contributed by atoms with Gasteiger partial charge in [-0.05, 0) is 40.8 Å². The molecule has 0 saturated heterocycles. The van der Waals surface area contributed by atoms with E-state index in [0.717, 1.165) is 11.1 Å². The van der Waals surface area contributed by atoms with Crippen molar-refractivity contribution in [3.05, 3.63) is 77.5 Å². The van der Waals surface area contributed by atoms with E-state index in [2.05, 4.69) is 36.3 Å². The zero-order chi connectivity index (χ0) is 20.6. The maximum absolute atomic E-state index is 13.3. The number of hydrogen-bond donors (Lipinski definition) is 1. The Bertz CT molecular complexity index is 1190. The van der Waals surface area contributed by atoms with E-state index in [-0.39, 0.29) is 22.8 Å². The molecule has 7 heteroatoms. The minimum atomic E-state index is -0.375. The van der Waals surface area contributed by atoms with Crippen LogP contribution in [0.25, 0.3) is 11.0 Å². The Morgan fingerprint density at radius 1 is 1.21 bits per heavy atom. The van der Waals surface area contributed by atoms with Gasteiger partial charge >= 0.3 is 0 Å². The lowest BCUT2D eigenvalue weighted by atomic mass is 9.86. The molecule has 1 amide bonds. The third-order valence-electron chi connectivity index (χ3n) is 4.68. The first kappa shape index (κ1) is 18.9. The molecule has 6 nitrogen and oxygen atoms in total. The summed E-state index contributed by atoms with van der Waals surface area (Å²) in [7, 11) is 0. The molecule has 1 N–H and O–H groups in total. The molecule has 0 bridgehead atoms. The molecule has 0 aliphatic rings. The number of benzene rings is 2. The van der Waals surface area contributed by atoms with Gasteiger partial charge in [0.25, 0.3) is 5.91 Å². The number of carbonyl (C=O) groups is 1. The Labute approximate surface area is 167 Å². The molecule has 0 saturated carbocycles. The van der Waals surface area contributed by atoms with Crippen molar-refractivity contribution in [2.45, 2.75) is 32.7 Å². The van der Waals surface area contributed by atoms with E-state index < -0.39 is 0 Å². The molecule has 2 heterocycles. The highest BCUT2D eigenvalue weighted by Gasteiger charge is 2.20. The summed E-state index contributed by atoms with van der Waals surface area (Å²) >= 11 is 0. The molecule has 0 aliphatic carbocycles. The molecular formula is C22H21FN4O2. The van der Waals surface area contributed by atoms with Crippen LogP contribution in [0.2, 0.25) is 0 Å². The highest BCUT2D eigenvalue weighted by Crippen LogP contribution is 2.28. The van der Waals surface area contributed by atoms with Gasteiger partial charge in [-0.25, -0.2) is 4.39 Å². The molecule has 148 valence electrons. The highest BCUT2D eigenvalue weighted by atomic mass is 19.1. The van der Waals surface area contributed by atoms with Gasteiger partial charge in [-0.15, -0.1) is 0 Å². The average Bonchev–Trinajstić information content (AvgIpc) is 3.27. The first-order valence-electron chi connectivity index (χ1n) is 9.28. The van der Waals surface area contributed by atoms with Crippen LogP contribution in [0.5, 0.6) is 0 Å². The van der Waals surface area contributed by atoms with E-state index in [9.17, 15) is 9.18 Å². The molecule has 2 aromatic carbocycles. The number of rotatable bonds is 4. The van der Waals surface area contributed by atoms with Crippen LogP contribution < -0.4 is 5.32 Å². The fourth-order valence-corrected chi connectivity index (χ4v) is 3.10. The van der Waals surface area contributed by atoms with Crippen molar-refractivity contribution in [1.82, 2.24) is 14.9 Å². The van der Waals surface area contributed by atoms with Gasteiger partial charge in [-0.1, -0.05) is 44.1 Å². The number of anilines is 1. The summed E-state index contributed by atoms with van der Waals surface area (Å²) in [5, 5.41) is 11.6. The number of halogens is 1. The second kappa shape index (κ2) is 7.16. The number of aromatic nitrogens is 3. The van der Waals surface area contributed by atoms with E-state index in [1.807, 2.05) is 24.3 Å². The number of hydrogen-bond acceptors (Lipinski definition) is 4. The van der Waals surface area contributed by atoms with Crippen LogP contribution >= 0.6 is 0 Å². The summed E-state index contributed by atoms with van der Waals surface area (Å²) in [4.78, 5) is 12.7. The summed E-state index contributed by atoms with van der Waals surface area (Å²) in [6.45, 7) is 6.71.